The Morgan fingerprint density at radius 2 is 0.871 bits per heavy atom. The predicted octanol–water partition coefficient (Wildman–Crippen LogP) is 32.1. The summed E-state index contributed by atoms with van der Waals surface area (Å²) < 4.78 is 63.4. The lowest BCUT2D eigenvalue weighted by Gasteiger charge is -2.40. The summed E-state index contributed by atoms with van der Waals surface area (Å²) in [6.07, 6.45) is 46.6. The molecule has 8 fully saturated rings. The Kier molecular flexibility index (Phi) is 36.9. The zero-order valence-electron chi connectivity index (χ0n) is 79.3. The second-order valence-electron chi connectivity index (χ2n) is 41.3. The summed E-state index contributed by atoms with van der Waals surface area (Å²) in [6, 6.07) is 56.2. The second-order valence-corrected chi connectivity index (χ2v) is 41.3. The second kappa shape index (κ2) is 48.2. The summed E-state index contributed by atoms with van der Waals surface area (Å²) in [5.41, 5.74) is 8.24. The number of hydrogen-bond donors (Lipinski definition) is 0. The normalized spacial score (nSPS) is 24.7. The molecule has 7 aromatic rings. The molecule has 17 atom stereocenters. The number of benzene rings is 7. The third-order valence-corrected chi connectivity index (χ3v) is 30.7. The van der Waals surface area contributed by atoms with Crippen LogP contribution in [-0.4, -0.2) is 57.2 Å². The average molecular weight is 1690 g/mol. The molecule has 0 amide bonds. The van der Waals surface area contributed by atoms with Crippen LogP contribution in [0.1, 0.15) is 390 Å². The van der Waals surface area contributed by atoms with Crippen molar-refractivity contribution in [1.82, 2.24) is 0 Å². The largest absolute Gasteiger partial charge is 0.493 e. The van der Waals surface area contributed by atoms with E-state index in [-0.39, 0.29) is 42.8 Å². The van der Waals surface area contributed by atoms with Gasteiger partial charge in [0.1, 0.15) is 41.1 Å². The highest BCUT2D eigenvalue weighted by Crippen LogP contribution is 2.60. The Bertz CT molecular complexity index is 4170. The van der Waals surface area contributed by atoms with Crippen LogP contribution >= 0.6 is 0 Å². The molecule has 2 bridgehead atoms. The molecular formula is C114H164O10. The molecule has 16 rings (SSSR count). The van der Waals surface area contributed by atoms with E-state index in [1.54, 1.807) is 0 Å². The van der Waals surface area contributed by atoms with Gasteiger partial charge in [-0.1, -0.05) is 283 Å². The van der Waals surface area contributed by atoms with E-state index in [0.29, 0.717) is 55.5 Å². The van der Waals surface area contributed by atoms with Crippen molar-refractivity contribution in [2.75, 3.05) is 19.8 Å². The van der Waals surface area contributed by atoms with E-state index < -0.39 is 0 Å². The molecule has 8 aliphatic carbocycles. The molecule has 680 valence electrons. The van der Waals surface area contributed by atoms with E-state index in [1.807, 2.05) is 18.2 Å². The van der Waals surface area contributed by atoms with Gasteiger partial charge < -0.3 is 47.4 Å². The van der Waals surface area contributed by atoms with E-state index in [9.17, 15) is 0 Å². The standard InChI is InChI=1S/C40H54O3.C28H42O2.C25H34O3.C21H34O2/c1-3-29(2)34-15-16-37-28-39(22-19-36(37)27-34)43-40(26-30-13-14-32-11-7-8-12-35(32)25-30)42-24-23-41-38-20-17-33(18-21-38)31-9-5-4-6-10-31;1-3-19(2)21-12-14-23(15-13-21)29-28(16-20-8-5-4-6-9-20)30-27-18-22-17-26(27)25-11-7-10-24(22)25;1-6-18(2)19-11-13-20(14-12-19)27-24(17-25(3,4)5)28-23-15-16-26-22-10-8-7-9-21(22)23;1-5-17(4)19-11-13-20(14-12-19)23-21(22-16(2)3)15-18-9-7-6-8-10-18/h15-22,27-32,35,40H,3-14,23-26H2,1-2H3;12-15,19-20,22,24-28H,3-11,16-18H2,1-2H3;7-14,18,23-24H,6,15-17H2,1-5H3;11-14,16-18,21H,5-10,15H2,1-4H3. The van der Waals surface area contributed by atoms with E-state index in [0.717, 1.165) is 138 Å². The van der Waals surface area contributed by atoms with Crippen LogP contribution in [0, 0.1) is 58.7 Å². The first-order valence-corrected chi connectivity index (χ1v) is 50.8. The Morgan fingerprint density at radius 1 is 0.371 bits per heavy atom. The van der Waals surface area contributed by atoms with Gasteiger partial charge in [0.15, 0.2) is 18.9 Å². The van der Waals surface area contributed by atoms with Crippen molar-refractivity contribution in [3.63, 3.8) is 0 Å². The topological polar surface area (TPSA) is 92.3 Å². The zero-order valence-corrected chi connectivity index (χ0v) is 79.3. The van der Waals surface area contributed by atoms with E-state index >= 15 is 0 Å². The molecule has 124 heavy (non-hydrogen) atoms. The van der Waals surface area contributed by atoms with E-state index in [2.05, 4.69) is 230 Å². The average Bonchev–Trinajstić information content (AvgIpc) is 1.59. The maximum absolute atomic E-state index is 6.84. The first-order valence-electron chi connectivity index (χ1n) is 50.8. The van der Waals surface area contributed by atoms with Gasteiger partial charge in [-0.2, -0.15) is 0 Å². The quantitative estimate of drug-likeness (QED) is 0.0282. The van der Waals surface area contributed by atoms with Gasteiger partial charge in [-0.25, -0.2) is 0 Å². The minimum atomic E-state index is -0.300. The monoisotopic (exact) mass is 1690 g/mol. The number of fused-ring (bicyclic) bond motifs is 8. The molecule has 9 aliphatic rings. The molecule has 17 unspecified atom stereocenters. The summed E-state index contributed by atoms with van der Waals surface area (Å²) in [5.74, 6) is 16.5. The van der Waals surface area contributed by atoms with Crippen LogP contribution in [0.15, 0.2) is 158 Å². The van der Waals surface area contributed by atoms with Gasteiger partial charge in [-0.15, -0.1) is 0 Å². The molecule has 1 heterocycles. The maximum Gasteiger partial charge on any atom is 0.200 e. The van der Waals surface area contributed by atoms with Gasteiger partial charge in [0.05, 0.1) is 31.5 Å². The van der Waals surface area contributed by atoms with Crippen molar-refractivity contribution < 1.29 is 47.4 Å². The maximum atomic E-state index is 6.84. The van der Waals surface area contributed by atoms with Gasteiger partial charge in [0.2, 0.25) is 6.29 Å². The van der Waals surface area contributed by atoms with Crippen LogP contribution in [0.4, 0.5) is 0 Å². The Labute approximate surface area is 752 Å². The Morgan fingerprint density at radius 3 is 1.48 bits per heavy atom. The molecular weight excluding hydrogens is 1530 g/mol. The number of ether oxygens (including phenoxy) is 10. The first-order chi connectivity index (χ1) is 60.3. The van der Waals surface area contributed by atoms with Gasteiger partial charge in [0, 0.05) is 37.7 Å². The molecule has 0 spiro atoms. The third kappa shape index (κ3) is 28.5. The summed E-state index contributed by atoms with van der Waals surface area (Å²) in [6.45, 7) is 30.7. The fourth-order valence-electron chi connectivity index (χ4n) is 22.6. The van der Waals surface area contributed by atoms with Crippen LogP contribution in [0.25, 0.3) is 10.8 Å². The Hall–Kier alpha value is -6.56. The summed E-state index contributed by atoms with van der Waals surface area (Å²) in [4.78, 5) is 0. The van der Waals surface area contributed by atoms with Crippen LogP contribution in [-0.2, 0) is 18.9 Å². The van der Waals surface area contributed by atoms with Crippen LogP contribution < -0.4 is 28.4 Å². The van der Waals surface area contributed by atoms with Crippen molar-refractivity contribution >= 4 is 10.8 Å². The van der Waals surface area contributed by atoms with Crippen molar-refractivity contribution in [3.05, 3.63) is 191 Å². The van der Waals surface area contributed by atoms with Crippen molar-refractivity contribution in [2.24, 2.45) is 58.7 Å². The zero-order chi connectivity index (χ0) is 86.7. The number of hydrogen-bond acceptors (Lipinski definition) is 10. The molecule has 1 aliphatic heterocycles. The minimum absolute atomic E-state index is 0.00307. The number of rotatable bonds is 35. The lowest BCUT2D eigenvalue weighted by Crippen LogP contribution is -2.36. The van der Waals surface area contributed by atoms with E-state index in [4.69, 9.17) is 47.4 Å². The van der Waals surface area contributed by atoms with Gasteiger partial charge in [-0.05, 0) is 291 Å². The summed E-state index contributed by atoms with van der Waals surface area (Å²) in [5, 5.41) is 2.51. The lowest BCUT2D eigenvalue weighted by atomic mass is 9.67. The SMILES string of the molecule is CCC(C)c1ccc(OC(CC(C)(C)C)OC2CCOc3ccccc32)cc1.CCC(C)c1ccc(OC(CC2CCCCC2)OC(C)C)cc1.CCC(C)c1ccc(OC(CC2CCCCC2)OC2CC3CC2C2CCCC32)cc1.CCC(C)c1ccc2cc(OC(CC3CCC4CCCCC4C3)OCCOc3ccc(C4CCCCC4)cc3)ccc2c1. The van der Waals surface area contributed by atoms with Gasteiger partial charge in [0.25, 0.3) is 0 Å². The van der Waals surface area contributed by atoms with Crippen molar-refractivity contribution in [2.45, 2.75) is 394 Å². The fraction of sp³-hybridized carbons (Fsp3) is 0.649. The van der Waals surface area contributed by atoms with Gasteiger partial charge >= 0.3 is 0 Å². The fourth-order valence-corrected chi connectivity index (χ4v) is 22.6. The van der Waals surface area contributed by atoms with Gasteiger partial charge in [-0.3, -0.25) is 0 Å². The Balaban J connectivity index is 0.000000146. The molecule has 0 saturated heterocycles. The minimum Gasteiger partial charge on any atom is -0.493 e. The summed E-state index contributed by atoms with van der Waals surface area (Å²) >= 11 is 0. The smallest absolute Gasteiger partial charge is 0.200 e. The highest BCUT2D eigenvalue weighted by molar-refractivity contribution is 5.84. The molecule has 0 aromatic heterocycles. The lowest BCUT2D eigenvalue weighted by molar-refractivity contribution is -0.152. The molecule has 10 nitrogen and oxygen atoms in total. The van der Waals surface area contributed by atoms with Crippen molar-refractivity contribution in [1.29, 1.82) is 0 Å². The first kappa shape index (κ1) is 95.0. The molecule has 8 saturated carbocycles. The van der Waals surface area contributed by atoms with Crippen LogP contribution in [0.3, 0.4) is 0 Å². The number of para-hydroxylation sites is 1. The molecule has 10 heteroatoms. The molecule has 7 aromatic carbocycles. The third-order valence-electron chi connectivity index (χ3n) is 30.7. The summed E-state index contributed by atoms with van der Waals surface area (Å²) in [7, 11) is 0. The van der Waals surface area contributed by atoms with Crippen LogP contribution in [0.5, 0.6) is 34.5 Å². The van der Waals surface area contributed by atoms with Crippen LogP contribution in [0.2, 0.25) is 0 Å². The van der Waals surface area contributed by atoms with E-state index in [1.165, 1.54) is 225 Å². The molecule has 0 N–H and O–H groups in total. The highest BCUT2D eigenvalue weighted by Gasteiger charge is 2.55. The predicted molar refractivity (Wildman–Crippen MR) is 512 cm³/mol. The molecule has 0 radical (unpaired) electrons. The highest BCUT2D eigenvalue weighted by atomic mass is 16.7. The van der Waals surface area contributed by atoms with Crippen molar-refractivity contribution in [3.8, 4) is 34.5 Å².